The van der Waals surface area contributed by atoms with E-state index < -0.39 is 0 Å². The molecule has 2 aliphatic carbocycles. The fourth-order valence-corrected chi connectivity index (χ4v) is 0.680. The van der Waals surface area contributed by atoms with Gasteiger partial charge in [-0.3, -0.25) is 12.2 Å². The van der Waals surface area contributed by atoms with E-state index in [9.17, 15) is 0 Å². The summed E-state index contributed by atoms with van der Waals surface area (Å²) in [5.41, 5.74) is 0. The molecule has 0 radical (unpaired) electrons. The van der Waals surface area contributed by atoms with E-state index in [1.807, 2.05) is 24.3 Å². The molecule has 0 atom stereocenters. The molecule has 68 valence electrons. The number of allylic oxidation sites excluding steroid dienone is 8. The Kier molecular flexibility index (Phi) is 21.7. The molecule has 0 saturated carbocycles. The Bertz CT molecular complexity index is 148. The van der Waals surface area contributed by atoms with Crippen molar-refractivity contribution in [3.8, 4) is 0 Å². The average Bonchev–Trinajstić information content (AvgIpc) is 2.67. The minimum atomic E-state index is 0. The third-order valence-electron chi connectivity index (χ3n) is 1.17. The summed E-state index contributed by atoms with van der Waals surface area (Å²) in [4.78, 5) is 0. The SMILES string of the molecule is [Br-].[C-]1=CC=CC1.[C-]1=CC=CC1.[CH3-].[Zr+4]. The molecule has 0 bridgehead atoms. The van der Waals surface area contributed by atoms with Crippen LogP contribution in [0.5, 0.6) is 0 Å². The molecule has 0 fully saturated rings. The maximum absolute atomic E-state index is 2.99. The maximum Gasteiger partial charge on any atom is 4.00 e. The van der Waals surface area contributed by atoms with Gasteiger partial charge in [0.25, 0.3) is 0 Å². The van der Waals surface area contributed by atoms with Gasteiger partial charge in [-0.1, -0.05) is 0 Å². The molecule has 0 spiro atoms. The summed E-state index contributed by atoms with van der Waals surface area (Å²) in [6.45, 7) is 0. The fraction of sp³-hybridized carbons (Fsp3) is 0.182. The van der Waals surface area contributed by atoms with Gasteiger partial charge in [-0.25, -0.2) is 24.3 Å². The third-order valence-corrected chi connectivity index (χ3v) is 1.17. The first-order valence-electron chi connectivity index (χ1n) is 3.43. The van der Waals surface area contributed by atoms with Crippen LogP contribution in [0.3, 0.4) is 0 Å². The van der Waals surface area contributed by atoms with Gasteiger partial charge < -0.3 is 24.4 Å². The van der Waals surface area contributed by atoms with Crippen molar-refractivity contribution in [3.05, 3.63) is 56.0 Å². The van der Waals surface area contributed by atoms with Crippen LogP contribution < -0.4 is 17.0 Å². The van der Waals surface area contributed by atoms with Crippen LogP contribution in [0.15, 0.2) is 36.5 Å². The van der Waals surface area contributed by atoms with Crippen molar-refractivity contribution < 1.29 is 43.2 Å². The molecular weight excluding hydrogens is 303 g/mol. The van der Waals surface area contributed by atoms with E-state index in [2.05, 4.69) is 24.3 Å². The van der Waals surface area contributed by atoms with Crippen LogP contribution >= 0.6 is 0 Å². The van der Waals surface area contributed by atoms with Crippen molar-refractivity contribution in [2.45, 2.75) is 12.8 Å². The summed E-state index contributed by atoms with van der Waals surface area (Å²) in [6.07, 6.45) is 20.0. The Morgan fingerprint density at radius 1 is 0.846 bits per heavy atom. The van der Waals surface area contributed by atoms with Crippen molar-refractivity contribution in [1.29, 1.82) is 0 Å². The standard InChI is InChI=1S/2C5H5.CH3.BrH.Zr/c2*1-2-4-5-3-1;;;/h2*1-3H,4H2;1H3;1H;/q3*-1;;+4/p-1. The minimum absolute atomic E-state index is 0. The summed E-state index contributed by atoms with van der Waals surface area (Å²) in [7, 11) is 0. The molecule has 0 nitrogen and oxygen atoms in total. The molecule has 2 heteroatoms. The molecule has 0 aromatic rings. The molecule has 2 rings (SSSR count). The van der Waals surface area contributed by atoms with Gasteiger partial charge in [0.1, 0.15) is 0 Å². The van der Waals surface area contributed by atoms with E-state index in [0.29, 0.717) is 0 Å². The Labute approximate surface area is 111 Å². The van der Waals surface area contributed by atoms with Crippen LogP contribution in [0.1, 0.15) is 12.8 Å². The third kappa shape index (κ3) is 12.3. The van der Waals surface area contributed by atoms with Crippen LogP contribution in [0.4, 0.5) is 0 Å². The monoisotopic (exact) mass is 314 g/mol. The zero-order valence-electron chi connectivity index (χ0n) is 7.76. The van der Waals surface area contributed by atoms with Crippen molar-refractivity contribution >= 4 is 0 Å². The summed E-state index contributed by atoms with van der Waals surface area (Å²) in [5, 5.41) is 0. The van der Waals surface area contributed by atoms with Gasteiger partial charge >= 0.3 is 26.2 Å². The first-order valence-corrected chi connectivity index (χ1v) is 3.43. The fourth-order valence-electron chi connectivity index (χ4n) is 0.680. The van der Waals surface area contributed by atoms with Crippen molar-refractivity contribution in [2.75, 3.05) is 0 Å². The summed E-state index contributed by atoms with van der Waals surface area (Å²) < 4.78 is 0. The summed E-state index contributed by atoms with van der Waals surface area (Å²) in [5.74, 6) is 0. The zero-order chi connectivity index (χ0) is 7.07. The van der Waals surface area contributed by atoms with Gasteiger partial charge in [0, 0.05) is 0 Å². The molecule has 13 heavy (non-hydrogen) atoms. The Balaban J connectivity index is -0.000000125. The van der Waals surface area contributed by atoms with E-state index >= 15 is 0 Å². The second kappa shape index (κ2) is 14.8. The molecule has 0 unspecified atom stereocenters. The first-order chi connectivity index (χ1) is 5.00. The smallest absolute Gasteiger partial charge is 1.00 e. The van der Waals surface area contributed by atoms with E-state index in [4.69, 9.17) is 0 Å². The molecular formula is C11H13BrZr. The molecule has 0 aromatic carbocycles. The second-order valence-corrected chi connectivity index (χ2v) is 2.01. The van der Waals surface area contributed by atoms with Crippen molar-refractivity contribution in [1.82, 2.24) is 0 Å². The molecule has 0 saturated heterocycles. The maximum atomic E-state index is 2.99. The van der Waals surface area contributed by atoms with Gasteiger partial charge in [-0.15, -0.1) is 12.8 Å². The van der Waals surface area contributed by atoms with E-state index in [-0.39, 0.29) is 50.6 Å². The molecule has 2 aliphatic rings. The predicted octanol–water partition coefficient (Wildman–Crippen LogP) is 0.0632. The van der Waals surface area contributed by atoms with E-state index in [1.165, 1.54) is 0 Å². The molecule has 0 heterocycles. The molecule has 0 aliphatic heterocycles. The Morgan fingerprint density at radius 3 is 1.31 bits per heavy atom. The van der Waals surface area contributed by atoms with Crippen LogP contribution in [-0.4, -0.2) is 0 Å². The number of rotatable bonds is 0. The first kappa shape index (κ1) is 19.0. The van der Waals surface area contributed by atoms with Gasteiger partial charge in [0.15, 0.2) is 0 Å². The number of hydrogen-bond acceptors (Lipinski definition) is 0. The van der Waals surface area contributed by atoms with Gasteiger partial charge in [0.2, 0.25) is 0 Å². The molecule has 0 aromatic heterocycles. The molecule has 0 N–H and O–H groups in total. The quantitative estimate of drug-likeness (QED) is 0.555. The van der Waals surface area contributed by atoms with Crippen LogP contribution in [0, 0.1) is 19.6 Å². The number of halogens is 1. The Hall–Kier alpha value is 0.323. The largest absolute Gasteiger partial charge is 4.00 e. The summed E-state index contributed by atoms with van der Waals surface area (Å²) in [6, 6.07) is 0. The molecule has 0 amide bonds. The van der Waals surface area contributed by atoms with Crippen molar-refractivity contribution in [2.24, 2.45) is 0 Å². The average molecular weight is 316 g/mol. The van der Waals surface area contributed by atoms with Gasteiger partial charge in [-0.05, 0) is 0 Å². The minimum Gasteiger partial charge on any atom is -1.00 e. The van der Waals surface area contributed by atoms with E-state index in [1.54, 1.807) is 0 Å². The van der Waals surface area contributed by atoms with Crippen LogP contribution in [0.25, 0.3) is 0 Å². The summed E-state index contributed by atoms with van der Waals surface area (Å²) >= 11 is 0. The number of hydrogen-bond donors (Lipinski definition) is 0. The van der Waals surface area contributed by atoms with Crippen molar-refractivity contribution in [3.63, 3.8) is 0 Å². The zero-order valence-corrected chi connectivity index (χ0v) is 11.8. The second-order valence-electron chi connectivity index (χ2n) is 2.01. The van der Waals surface area contributed by atoms with Crippen LogP contribution in [-0.2, 0) is 26.2 Å². The normalized spacial score (nSPS) is 13.5. The van der Waals surface area contributed by atoms with Crippen LogP contribution in [0.2, 0.25) is 0 Å². The van der Waals surface area contributed by atoms with Gasteiger partial charge in [-0.2, -0.15) is 12.2 Å². The topological polar surface area (TPSA) is 0 Å². The van der Waals surface area contributed by atoms with E-state index in [0.717, 1.165) is 12.8 Å². The Morgan fingerprint density at radius 2 is 1.23 bits per heavy atom. The van der Waals surface area contributed by atoms with Gasteiger partial charge in [0.05, 0.1) is 0 Å². The predicted molar refractivity (Wildman–Crippen MR) is 49.6 cm³/mol.